The van der Waals surface area contributed by atoms with Crippen LogP contribution in [0.5, 0.6) is 0 Å². The van der Waals surface area contributed by atoms with Gasteiger partial charge in [0.1, 0.15) is 0 Å². The Hall–Kier alpha value is -0.960. The van der Waals surface area contributed by atoms with Gasteiger partial charge in [-0.2, -0.15) is 4.31 Å². The van der Waals surface area contributed by atoms with Gasteiger partial charge in [0.05, 0.1) is 16.4 Å². The third kappa shape index (κ3) is 5.26. The predicted octanol–water partition coefficient (Wildman–Crippen LogP) is 1.38. The Labute approximate surface area is 151 Å². The van der Waals surface area contributed by atoms with Gasteiger partial charge in [-0.05, 0) is 57.6 Å². The number of sulfonamides is 1. The molecule has 0 aromatic heterocycles. The second kappa shape index (κ2) is 8.16. The third-order valence-corrected chi connectivity index (χ3v) is 8.25. The number of sulfone groups is 1. The largest absolute Gasteiger partial charge is 0.309 e. The molecular weight excluding hydrogens is 360 g/mol. The fraction of sp³-hybridized carbons (Fsp3) is 0.647. The predicted molar refractivity (Wildman–Crippen MR) is 99.9 cm³/mol. The summed E-state index contributed by atoms with van der Waals surface area (Å²) >= 11 is 0. The fourth-order valence-electron chi connectivity index (χ4n) is 3.08. The summed E-state index contributed by atoms with van der Waals surface area (Å²) in [4.78, 5) is 2.23. The van der Waals surface area contributed by atoms with E-state index in [1.807, 2.05) is 38.1 Å². The van der Waals surface area contributed by atoms with E-state index in [1.165, 1.54) is 4.31 Å². The summed E-state index contributed by atoms with van der Waals surface area (Å²) in [6.45, 7) is 3.09. The highest BCUT2D eigenvalue weighted by Gasteiger charge is 2.38. The summed E-state index contributed by atoms with van der Waals surface area (Å²) in [6, 6.07) is 6.41. The van der Waals surface area contributed by atoms with Crippen LogP contribution in [0.15, 0.2) is 29.2 Å². The fourth-order valence-corrected chi connectivity index (χ4v) is 6.59. The van der Waals surface area contributed by atoms with Gasteiger partial charge in [-0.1, -0.05) is 19.1 Å². The van der Waals surface area contributed by atoms with Gasteiger partial charge in [0.15, 0.2) is 9.84 Å². The van der Waals surface area contributed by atoms with Crippen LogP contribution in [-0.4, -0.2) is 70.8 Å². The van der Waals surface area contributed by atoms with Gasteiger partial charge in [0.2, 0.25) is 10.0 Å². The molecule has 0 radical (unpaired) electrons. The Bertz CT molecular complexity index is 771. The molecule has 1 atom stereocenters. The number of hydrogen-bond donors (Lipinski definition) is 0. The lowest BCUT2D eigenvalue weighted by Crippen LogP contribution is -2.42. The minimum atomic E-state index is -3.71. The van der Waals surface area contributed by atoms with Crippen molar-refractivity contribution in [1.29, 1.82) is 0 Å². The lowest BCUT2D eigenvalue weighted by Gasteiger charge is -2.28. The van der Waals surface area contributed by atoms with Crippen LogP contribution in [0.25, 0.3) is 0 Å². The molecule has 6 nitrogen and oxygen atoms in total. The molecule has 2 rings (SSSR count). The van der Waals surface area contributed by atoms with Crippen LogP contribution < -0.4 is 0 Å². The first-order valence-electron chi connectivity index (χ1n) is 8.61. The minimum absolute atomic E-state index is 0.0616. The molecule has 0 bridgehead atoms. The molecule has 1 fully saturated rings. The Kier molecular flexibility index (Phi) is 6.64. The first-order valence-corrected chi connectivity index (χ1v) is 11.9. The Morgan fingerprint density at radius 3 is 2.24 bits per heavy atom. The van der Waals surface area contributed by atoms with E-state index in [2.05, 4.69) is 0 Å². The van der Waals surface area contributed by atoms with E-state index in [1.54, 1.807) is 12.1 Å². The molecule has 1 saturated heterocycles. The SMILES string of the molecule is CCc1ccc(S(=O)(=O)N(CCCN(C)C)[C@H]2CCS(=O)(=O)C2)cc1. The van der Waals surface area contributed by atoms with Crippen molar-refractivity contribution in [2.45, 2.75) is 37.1 Å². The average molecular weight is 389 g/mol. The molecule has 0 amide bonds. The maximum Gasteiger partial charge on any atom is 0.243 e. The maximum absolute atomic E-state index is 13.1. The molecular formula is C17H28N2O4S2. The van der Waals surface area contributed by atoms with E-state index in [0.717, 1.165) is 18.5 Å². The second-order valence-electron chi connectivity index (χ2n) is 6.83. The van der Waals surface area contributed by atoms with Crippen LogP contribution in [0.3, 0.4) is 0 Å². The van der Waals surface area contributed by atoms with Crippen LogP contribution in [0, 0.1) is 0 Å². The first-order chi connectivity index (χ1) is 11.7. The van der Waals surface area contributed by atoms with E-state index in [4.69, 9.17) is 0 Å². The normalized spacial score (nSPS) is 20.4. The third-order valence-electron chi connectivity index (χ3n) is 4.54. The van der Waals surface area contributed by atoms with E-state index in [9.17, 15) is 16.8 Å². The molecule has 142 valence electrons. The van der Waals surface area contributed by atoms with E-state index in [-0.39, 0.29) is 16.4 Å². The molecule has 0 unspecified atom stereocenters. The topological polar surface area (TPSA) is 74.8 Å². The van der Waals surface area contributed by atoms with Gasteiger partial charge in [0.25, 0.3) is 0 Å². The summed E-state index contributed by atoms with van der Waals surface area (Å²) in [5.74, 6) is -0.0205. The van der Waals surface area contributed by atoms with Crippen molar-refractivity contribution in [3.63, 3.8) is 0 Å². The highest BCUT2D eigenvalue weighted by atomic mass is 32.2. The van der Waals surface area contributed by atoms with Crippen LogP contribution >= 0.6 is 0 Å². The summed E-state index contributed by atoms with van der Waals surface area (Å²) < 4.78 is 51.3. The van der Waals surface area contributed by atoms with Crippen molar-refractivity contribution in [2.75, 3.05) is 38.7 Å². The lowest BCUT2D eigenvalue weighted by atomic mass is 10.2. The summed E-state index contributed by atoms with van der Waals surface area (Å²) in [5, 5.41) is 0. The second-order valence-corrected chi connectivity index (χ2v) is 10.9. The van der Waals surface area contributed by atoms with Crippen LogP contribution in [0.4, 0.5) is 0 Å². The van der Waals surface area contributed by atoms with E-state index >= 15 is 0 Å². The van der Waals surface area contributed by atoms with E-state index in [0.29, 0.717) is 19.4 Å². The molecule has 1 aromatic carbocycles. The molecule has 1 aromatic rings. The zero-order chi connectivity index (χ0) is 18.7. The lowest BCUT2D eigenvalue weighted by molar-refractivity contribution is 0.309. The van der Waals surface area contributed by atoms with Gasteiger partial charge in [-0.3, -0.25) is 0 Å². The number of rotatable bonds is 8. The average Bonchev–Trinajstić information content (AvgIpc) is 2.90. The van der Waals surface area contributed by atoms with Gasteiger partial charge in [-0.15, -0.1) is 0 Å². The Balaban J connectivity index is 2.28. The van der Waals surface area contributed by atoms with E-state index < -0.39 is 25.9 Å². The molecule has 0 saturated carbocycles. The molecule has 0 spiro atoms. The van der Waals surface area contributed by atoms with Crippen LogP contribution in [0.1, 0.15) is 25.3 Å². The highest BCUT2D eigenvalue weighted by molar-refractivity contribution is 7.92. The van der Waals surface area contributed by atoms with Gasteiger partial charge >= 0.3 is 0 Å². The molecule has 1 aliphatic heterocycles. The van der Waals surface area contributed by atoms with Gasteiger partial charge < -0.3 is 4.90 Å². The first kappa shape index (κ1) is 20.4. The number of hydrogen-bond acceptors (Lipinski definition) is 5. The number of aryl methyl sites for hydroxylation is 1. The monoisotopic (exact) mass is 388 g/mol. The van der Waals surface area contributed by atoms with Crippen LogP contribution in [-0.2, 0) is 26.3 Å². The highest BCUT2D eigenvalue weighted by Crippen LogP contribution is 2.25. The summed E-state index contributed by atoms with van der Waals surface area (Å²) in [5.41, 5.74) is 1.07. The quantitative estimate of drug-likeness (QED) is 0.673. The van der Waals surface area contributed by atoms with Crippen molar-refractivity contribution in [2.24, 2.45) is 0 Å². The van der Waals surface area contributed by atoms with Gasteiger partial charge in [-0.25, -0.2) is 16.8 Å². The molecule has 0 N–H and O–H groups in total. The molecule has 1 heterocycles. The maximum atomic E-state index is 13.1. The zero-order valence-electron chi connectivity index (χ0n) is 15.2. The van der Waals surface area contributed by atoms with Crippen LogP contribution in [0.2, 0.25) is 0 Å². The number of nitrogens with zero attached hydrogens (tertiary/aromatic N) is 2. The number of benzene rings is 1. The van der Waals surface area contributed by atoms with Crippen molar-refractivity contribution in [1.82, 2.24) is 9.21 Å². The smallest absolute Gasteiger partial charge is 0.243 e. The van der Waals surface area contributed by atoms with Crippen molar-refractivity contribution >= 4 is 19.9 Å². The molecule has 25 heavy (non-hydrogen) atoms. The standard InChI is InChI=1S/C17H28N2O4S2/c1-4-15-6-8-17(9-7-15)25(22,23)19(12-5-11-18(2)3)16-10-13-24(20,21)14-16/h6-9,16H,4-5,10-14H2,1-3H3/t16-/m0/s1. The van der Waals surface area contributed by atoms with Crippen molar-refractivity contribution in [3.8, 4) is 0 Å². The van der Waals surface area contributed by atoms with Crippen molar-refractivity contribution < 1.29 is 16.8 Å². The molecule has 1 aliphatic rings. The van der Waals surface area contributed by atoms with Gasteiger partial charge in [0, 0.05) is 12.6 Å². The molecule has 0 aliphatic carbocycles. The Morgan fingerprint density at radius 1 is 1.12 bits per heavy atom. The summed E-state index contributed by atoms with van der Waals surface area (Å²) in [7, 11) is -2.99. The molecule has 8 heteroatoms. The summed E-state index contributed by atoms with van der Waals surface area (Å²) in [6.07, 6.45) is 1.88. The Morgan fingerprint density at radius 2 is 1.76 bits per heavy atom. The zero-order valence-corrected chi connectivity index (χ0v) is 16.8. The minimum Gasteiger partial charge on any atom is -0.309 e. The van der Waals surface area contributed by atoms with Crippen molar-refractivity contribution in [3.05, 3.63) is 29.8 Å².